The predicted octanol–water partition coefficient (Wildman–Crippen LogP) is 5.45. The van der Waals surface area contributed by atoms with Gasteiger partial charge in [-0.05, 0) is 49.0 Å². The third-order valence-electron chi connectivity index (χ3n) is 7.21. The van der Waals surface area contributed by atoms with Crippen LogP contribution in [0.25, 0.3) is 6.08 Å². The van der Waals surface area contributed by atoms with Gasteiger partial charge in [0.15, 0.2) is 0 Å². The maximum absolute atomic E-state index is 11.6. The maximum atomic E-state index is 11.6. The lowest BCUT2D eigenvalue weighted by Gasteiger charge is -2.56. The minimum Gasteiger partial charge on any atom is -0.385 e. The molecule has 22 heavy (non-hydrogen) atoms. The topological polar surface area (TPSA) is 20.2 Å². The van der Waals surface area contributed by atoms with Gasteiger partial charge in [0.2, 0.25) is 0 Å². The molecule has 1 nitrogen and oxygen atoms in total. The normalized spacial score (nSPS) is 41.7. The summed E-state index contributed by atoms with van der Waals surface area (Å²) in [6.07, 6.45) is 11.2. The Balaban J connectivity index is 1.94. The molecule has 2 aliphatic carbocycles. The van der Waals surface area contributed by atoms with Gasteiger partial charge in [-0.25, -0.2) is 0 Å². The van der Waals surface area contributed by atoms with Crippen molar-refractivity contribution in [1.82, 2.24) is 0 Å². The summed E-state index contributed by atoms with van der Waals surface area (Å²) in [7, 11) is 0. The van der Waals surface area contributed by atoms with Crippen molar-refractivity contribution in [3.63, 3.8) is 0 Å². The molecule has 120 valence electrons. The monoisotopic (exact) mass is 298 g/mol. The van der Waals surface area contributed by atoms with E-state index in [0.717, 1.165) is 25.2 Å². The SMILES string of the molecule is CCC1CC[C@@]2(C)C(O)(/C=C/c3ccccc3)CCC[C@]12C. The fourth-order valence-electron chi connectivity index (χ4n) is 5.43. The summed E-state index contributed by atoms with van der Waals surface area (Å²) in [5.41, 5.74) is 0.788. The minimum absolute atomic E-state index is 0.00417. The molecule has 0 spiro atoms. The fourth-order valence-corrected chi connectivity index (χ4v) is 5.43. The van der Waals surface area contributed by atoms with E-state index >= 15 is 0 Å². The Morgan fingerprint density at radius 2 is 1.86 bits per heavy atom. The van der Waals surface area contributed by atoms with Gasteiger partial charge >= 0.3 is 0 Å². The Hall–Kier alpha value is -1.08. The zero-order chi connectivity index (χ0) is 15.8. The highest BCUT2D eigenvalue weighted by molar-refractivity contribution is 5.51. The molecule has 2 fully saturated rings. The molecule has 0 radical (unpaired) electrons. The largest absolute Gasteiger partial charge is 0.385 e. The fraction of sp³-hybridized carbons (Fsp3) is 0.619. The number of hydrogen-bond donors (Lipinski definition) is 1. The number of hydrogen-bond acceptors (Lipinski definition) is 1. The van der Waals surface area contributed by atoms with Crippen molar-refractivity contribution in [2.24, 2.45) is 16.7 Å². The van der Waals surface area contributed by atoms with Crippen LogP contribution in [-0.4, -0.2) is 10.7 Å². The van der Waals surface area contributed by atoms with Crippen LogP contribution in [0.5, 0.6) is 0 Å². The molecule has 1 heteroatoms. The predicted molar refractivity (Wildman–Crippen MR) is 93.5 cm³/mol. The third kappa shape index (κ3) is 2.17. The number of aliphatic hydroxyl groups is 1. The number of fused-ring (bicyclic) bond motifs is 1. The van der Waals surface area contributed by atoms with E-state index in [9.17, 15) is 5.11 Å². The van der Waals surface area contributed by atoms with Gasteiger partial charge in [-0.15, -0.1) is 0 Å². The van der Waals surface area contributed by atoms with Crippen LogP contribution in [0.15, 0.2) is 36.4 Å². The molecule has 0 heterocycles. The Kier molecular flexibility index (Phi) is 3.97. The molecular weight excluding hydrogens is 268 g/mol. The lowest BCUT2D eigenvalue weighted by atomic mass is 9.50. The molecule has 3 rings (SSSR count). The van der Waals surface area contributed by atoms with Crippen LogP contribution in [0.1, 0.15) is 64.9 Å². The zero-order valence-corrected chi connectivity index (χ0v) is 14.3. The van der Waals surface area contributed by atoms with Gasteiger partial charge < -0.3 is 5.11 Å². The molecule has 0 amide bonds. The van der Waals surface area contributed by atoms with Crippen molar-refractivity contribution >= 4 is 6.08 Å². The Morgan fingerprint density at radius 3 is 2.55 bits per heavy atom. The van der Waals surface area contributed by atoms with E-state index in [0.29, 0.717) is 0 Å². The first-order valence-corrected chi connectivity index (χ1v) is 8.92. The third-order valence-corrected chi connectivity index (χ3v) is 7.21. The molecular formula is C21H30O. The van der Waals surface area contributed by atoms with Crippen LogP contribution in [0.2, 0.25) is 0 Å². The van der Waals surface area contributed by atoms with E-state index in [2.05, 4.69) is 57.2 Å². The quantitative estimate of drug-likeness (QED) is 0.787. The van der Waals surface area contributed by atoms with Crippen molar-refractivity contribution in [2.75, 3.05) is 0 Å². The first-order chi connectivity index (χ1) is 10.5. The van der Waals surface area contributed by atoms with E-state index < -0.39 is 5.60 Å². The van der Waals surface area contributed by atoms with Crippen molar-refractivity contribution in [1.29, 1.82) is 0 Å². The summed E-state index contributed by atoms with van der Waals surface area (Å²) in [6, 6.07) is 10.4. The molecule has 0 saturated heterocycles. The smallest absolute Gasteiger partial charge is 0.0889 e. The summed E-state index contributed by atoms with van der Waals surface area (Å²) >= 11 is 0. The van der Waals surface area contributed by atoms with Gasteiger partial charge in [0.25, 0.3) is 0 Å². The van der Waals surface area contributed by atoms with Gasteiger partial charge in [0.05, 0.1) is 5.60 Å². The summed E-state index contributed by atoms with van der Waals surface area (Å²) in [5.74, 6) is 0.759. The highest BCUT2D eigenvalue weighted by atomic mass is 16.3. The average Bonchev–Trinajstić information content (AvgIpc) is 2.80. The Morgan fingerprint density at radius 1 is 1.14 bits per heavy atom. The minimum atomic E-state index is -0.667. The second-order valence-electron chi connectivity index (χ2n) is 7.92. The molecule has 2 aliphatic rings. The van der Waals surface area contributed by atoms with E-state index in [4.69, 9.17) is 0 Å². The van der Waals surface area contributed by atoms with Gasteiger partial charge in [0.1, 0.15) is 0 Å². The van der Waals surface area contributed by atoms with E-state index in [-0.39, 0.29) is 10.8 Å². The van der Waals surface area contributed by atoms with Gasteiger partial charge in [-0.3, -0.25) is 0 Å². The highest BCUT2D eigenvalue weighted by Gasteiger charge is 2.63. The second kappa shape index (κ2) is 5.53. The van der Waals surface area contributed by atoms with Crippen LogP contribution >= 0.6 is 0 Å². The summed E-state index contributed by atoms with van der Waals surface area (Å²) in [6.45, 7) is 7.10. The Bertz CT molecular complexity index is 548. The van der Waals surface area contributed by atoms with E-state index in [1.165, 1.54) is 24.8 Å². The lowest BCUT2D eigenvalue weighted by Crippen LogP contribution is -2.56. The molecule has 1 N–H and O–H groups in total. The molecule has 2 unspecified atom stereocenters. The average molecular weight is 298 g/mol. The number of benzene rings is 1. The van der Waals surface area contributed by atoms with Gasteiger partial charge in [-0.1, -0.05) is 69.7 Å². The van der Waals surface area contributed by atoms with Crippen LogP contribution < -0.4 is 0 Å². The van der Waals surface area contributed by atoms with E-state index in [1.807, 2.05) is 6.07 Å². The van der Waals surface area contributed by atoms with Gasteiger partial charge in [0, 0.05) is 5.41 Å². The van der Waals surface area contributed by atoms with Crippen LogP contribution in [0.4, 0.5) is 0 Å². The Labute approximate surface area is 135 Å². The first kappa shape index (κ1) is 15.8. The van der Waals surface area contributed by atoms with Gasteiger partial charge in [-0.2, -0.15) is 0 Å². The van der Waals surface area contributed by atoms with Crippen LogP contribution in [-0.2, 0) is 0 Å². The molecule has 0 aromatic heterocycles. The second-order valence-corrected chi connectivity index (χ2v) is 7.92. The van der Waals surface area contributed by atoms with E-state index in [1.54, 1.807) is 0 Å². The molecule has 1 aromatic rings. The van der Waals surface area contributed by atoms with Crippen molar-refractivity contribution in [2.45, 2.75) is 64.9 Å². The molecule has 0 bridgehead atoms. The molecule has 0 aliphatic heterocycles. The molecule has 2 saturated carbocycles. The first-order valence-electron chi connectivity index (χ1n) is 8.92. The summed E-state index contributed by atoms with van der Waals surface area (Å²) in [4.78, 5) is 0. The van der Waals surface area contributed by atoms with Crippen molar-refractivity contribution in [3.8, 4) is 0 Å². The summed E-state index contributed by atoms with van der Waals surface area (Å²) < 4.78 is 0. The molecule has 1 aromatic carbocycles. The van der Waals surface area contributed by atoms with Crippen molar-refractivity contribution < 1.29 is 5.11 Å². The van der Waals surface area contributed by atoms with Crippen LogP contribution in [0.3, 0.4) is 0 Å². The molecule has 4 atom stereocenters. The standard InChI is InChI=1S/C21H30O/c1-4-18-12-15-20(3)19(18,2)13-8-14-21(20,22)16-11-17-9-6-5-7-10-17/h5-7,9-11,16,18,22H,4,8,12-15H2,1-3H3/b16-11+/t18?,19-,20-,21?/m1/s1. The lowest BCUT2D eigenvalue weighted by molar-refractivity contribution is -0.138. The highest BCUT2D eigenvalue weighted by Crippen LogP contribution is 2.67. The zero-order valence-electron chi connectivity index (χ0n) is 14.3. The van der Waals surface area contributed by atoms with Crippen molar-refractivity contribution in [3.05, 3.63) is 42.0 Å². The summed E-state index contributed by atoms with van der Waals surface area (Å²) in [5, 5.41) is 11.6. The van der Waals surface area contributed by atoms with Crippen LogP contribution in [0, 0.1) is 16.7 Å². The maximum Gasteiger partial charge on any atom is 0.0889 e. The number of rotatable bonds is 3.